The Labute approximate surface area is 126 Å². The van der Waals surface area contributed by atoms with Gasteiger partial charge in [0.1, 0.15) is 5.82 Å². The Hall–Kier alpha value is -1.78. The van der Waals surface area contributed by atoms with Gasteiger partial charge in [0.2, 0.25) is 0 Å². The van der Waals surface area contributed by atoms with E-state index in [4.69, 9.17) is 4.98 Å². The summed E-state index contributed by atoms with van der Waals surface area (Å²) < 4.78 is 2.05. The predicted molar refractivity (Wildman–Crippen MR) is 86.9 cm³/mol. The largest absolute Gasteiger partial charge is 0.369 e. The van der Waals surface area contributed by atoms with Crippen molar-refractivity contribution >= 4 is 17.3 Å². The number of hydrogen-bond donors (Lipinski definition) is 2. The van der Waals surface area contributed by atoms with E-state index < -0.39 is 0 Å². The molecule has 0 radical (unpaired) electrons. The lowest BCUT2D eigenvalue weighted by molar-refractivity contribution is 0.618. The van der Waals surface area contributed by atoms with Crippen LogP contribution in [-0.2, 0) is 0 Å². The van der Waals surface area contributed by atoms with Crippen molar-refractivity contribution in [3.8, 4) is 0 Å². The van der Waals surface area contributed by atoms with Gasteiger partial charge in [-0.15, -0.1) is 0 Å². The van der Waals surface area contributed by atoms with Gasteiger partial charge in [-0.05, 0) is 19.3 Å². The third kappa shape index (κ3) is 3.46. The van der Waals surface area contributed by atoms with Crippen LogP contribution >= 0.6 is 0 Å². The van der Waals surface area contributed by atoms with Crippen LogP contribution in [0.3, 0.4) is 0 Å². The maximum atomic E-state index is 4.73. The van der Waals surface area contributed by atoms with Crippen LogP contribution < -0.4 is 10.6 Å². The Morgan fingerprint density at radius 3 is 2.81 bits per heavy atom. The van der Waals surface area contributed by atoms with Gasteiger partial charge in [0, 0.05) is 25.0 Å². The molecule has 0 unspecified atom stereocenters. The summed E-state index contributed by atoms with van der Waals surface area (Å²) in [5.74, 6) is 1.83. The quantitative estimate of drug-likeness (QED) is 0.824. The highest BCUT2D eigenvalue weighted by Gasteiger charge is 2.15. The van der Waals surface area contributed by atoms with Crippen molar-refractivity contribution in [1.29, 1.82) is 0 Å². The molecule has 1 saturated carbocycles. The van der Waals surface area contributed by atoms with Gasteiger partial charge in [-0.1, -0.05) is 32.6 Å². The van der Waals surface area contributed by atoms with Crippen molar-refractivity contribution in [2.45, 2.75) is 57.9 Å². The lowest BCUT2D eigenvalue weighted by Crippen LogP contribution is -2.20. The van der Waals surface area contributed by atoms with Crippen LogP contribution in [0.15, 0.2) is 18.6 Å². The molecule has 114 valence electrons. The van der Waals surface area contributed by atoms with Gasteiger partial charge in [0.05, 0.1) is 6.20 Å². The van der Waals surface area contributed by atoms with E-state index >= 15 is 0 Å². The van der Waals surface area contributed by atoms with Crippen molar-refractivity contribution in [2.75, 3.05) is 17.2 Å². The van der Waals surface area contributed by atoms with Gasteiger partial charge in [-0.3, -0.25) is 0 Å². The second kappa shape index (κ2) is 6.78. The summed E-state index contributed by atoms with van der Waals surface area (Å²) in [4.78, 5) is 9.17. The molecule has 2 aromatic rings. The zero-order valence-electron chi connectivity index (χ0n) is 12.8. The minimum Gasteiger partial charge on any atom is -0.369 e. The number of rotatable bonds is 5. The van der Waals surface area contributed by atoms with Crippen LogP contribution in [0.1, 0.15) is 51.9 Å². The number of anilines is 2. The van der Waals surface area contributed by atoms with Crippen LogP contribution in [0.5, 0.6) is 0 Å². The Morgan fingerprint density at radius 1 is 1.24 bits per heavy atom. The molecule has 0 spiro atoms. The molecule has 2 N–H and O–H groups in total. The van der Waals surface area contributed by atoms with Crippen LogP contribution in [0.2, 0.25) is 0 Å². The molecule has 1 fully saturated rings. The fourth-order valence-electron chi connectivity index (χ4n) is 2.98. The maximum Gasteiger partial charge on any atom is 0.180 e. The van der Waals surface area contributed by atoms with E-state index in [1.165, 1.54) is 38.5 Å². The van der Waals surface area contributed by atoms with Crippen molar-refractivity contribution in [3.63, 3.8) is 0 Å². The summed E-state index contributed by atoms with van der Waals surface area (Å²) in [7, 11) is 0. The molecule has 5 nitrogen and oxygen atoms in total. The summed E-state index contributed by atoms with van der Waals surface area (Å²) in [6, 6.07) is 0.530. The zero-order valence-corrected chi connectivity index (χ0v) is 12.8. The minimum atomic E-state index is 0.530. The Kier molecular flexibility index (Phi) is 4.58. The normalized spacial score (nSPS) is 16.8. The van der Waals surface area contributed by atoms with Crippen LogP contribution in [-0.4, -0.2) is 27.0 Å². The van der Waals surface area contributed by atoms with Crippen LogP contribution in [0.4, 0.5) is 11.6 Å². The smallest absolute Gasteiger partial charge is 0.180 e. The van der Waals surface area contributed by atoms with Gasteiger partial charge in [-0.25, -0.2) is 9.97 Å². The number of nitrogens with zero attached hydrogens (tertiary/aromatic N) is 3. The average molecular weight is 287 g/mol. The van der Waals surface area contributed by atoms with Gasteiger partial charge in [0.25, 0.3) is 0 Å². The van der Waals surface area contributed by atoms with E-state index in [-0.39, 0.29) is 0 Å². The number of nitrogens with one attached hydrogen (secondary N) is 2. The second-order valence-electron chi connectivity index (χ2n) is 5.89. The highest BCUT2D eigenvalue weighted by molar-refractivity contribution is 5.65. The molecule has 0 atom stereocenters. The average Bonchev–Trinajstić information content (AvgIpc) is 2.82. The summed E-state index contributed by atoms with van der Waals surface area (Å²) >= 11 is 0. The highest BCUT2D eigenvalue weighted by atomic mass is 15.2. The molecular formula is C16H25N5. The summed E-state index contributed by atoms with van der Waals surface area (Å²) in [6.07, 6.45) is 14.7. The monoisotopic (exact) mass is 287 g/mol. The predicted octanol–water partition coefficient (Wildman–Crippen LogP) is 3.69. The summed E-state index contributed by atoms with van der Waals surface area (Å²) in [5, 5.41) is 7.00. The van der Waals surface area contributed by atoms with Gasteiger partial charge in [0.15, 0.2) is 11.5 Å². The van der Waals surface area contributed by atoms with Gasteiger partial charge < -0.3 is 15.0 Å². The number of fused-ring (bicyclic) bond motifs is 1. The summed E-state index contributed by atoms with van der Waals surface area (Å²) in [5.41, 5.74) is 0.918. The van der Waals surface area contributed by atoms with E-state index in [0.717, 1.165) is 30.2 Å². The number of aromatic nitrogens is 3. The lowest BCUT2D eigenvalue weighted by atomic mass is 10.1. The molecular weight excluding hydrogens is 262 g/mol. The Balaban J connectivity index is 1.82. The maximum absolute atomic E-state index is 4.73. The molecule has 1 aliphatic carbocycles. The molecule has 0 bridgehead atoms. The first-order valence-electron chi connectivity index (χ1n) is 8.21. The Morgan fingerprint density at radius 2 is 2.05 bits per heavy atom. The van der Waals surface area contributed by atoms with E-state index in [9.17, 15) is 0 Å². The van der Waals surface area contributed by atoms with E-state index in [1.807, 2.05) is 23.0 Å². The molecule has 3 rings (SSSR count). The van der Waals surface area contributed by atoms with Crippen molar-refractivity contribution in [1.82, 2.24) is 14.4 Å². The van der Waals surface area contributed by atoms with Crippen LogP contribution in [0.25, 0.3) is 5.65 Å². The molecule has 0 amide bonds. The molecule has 2 aromatic heterocycles. The third-order valence-corrected chi connectivity index (χ3v) is 4.13. The van der Waals surface area contributed by atoms with E-state index in [1.54, 1.807) is 0 Å². The standard InChI is InChI=1S/C16H25N5/c1-2-9-17-14-12-21-11-10-18-16(21)15(20-14)19-13-7-5-3-4-6-8-13/h10-13,17H,2-9H2,1H3,(H,19,20). The van der Waals surface area contributed by atoms with Crippen molar-refractivity contribution in [3.05, 3.63) is 18.6 Å². The molecule has 0 aliphatic heterocycles. The zero-order chi connectivity index (χ0) is 14.5. The molecule has 1 aliphatic rings. The minimum absolute atomic E-state index is 0.530. The van der Waals surface area contributed by atoms with E-state index in [0.29, 0.717) is 6.04 Å². The van der Waals surface area contributed by atoms with Gasteiger partial charge >= 0.3 is 0 Å². The Bertz CT molecular complexity index is 569. The SMILES string of the molecule is CCCNc1cn2ccnc2c(NC2CCCCCC2)n1. The first kappa shape index (κ1) is 14.2. The fourth-order valence-corrected chi connectivity index (χ4v) is 2.98. The first-order chi connectivity index (χ1) is 10.4. The molecule has 2 heterocycles. The highest BCUT2D eigenvalue weighted by Crippen LogP contribution is 2.23. The van der Waals surface area contributed by atoms with Crippen molar-refractivity contribution < 1.29 is 0 Å². The summed E-state index contributed by atoms with van der Waals surface area (Å²) in [6.45, 7) is 3.10. The van der Waals surface area contributed by atoms with Crippen LogP contribution in [0, 0.1) is 0 Å². The fraction of sp³-hybridized carbons (Fsp3) is 0.625. The van der Waals surface area contributed by atoms with Gasteiger partial charge in [-0.2, -0.15) is 0 Å². The number of imidazole rings is 1. The number of hydrogen-bond acceptors (Lipinski definition) is 4. The first-order valence-corrected chi connectivity index (χ1v) is 8.21. The van der Waals surface area contributed by atoms with E-state index in [2.05, 4.69) is 22.5 Å². The van der Waals surface area contributed by atoms with Crippen molar-refractivity contribution in [2.24, 2.45) is 0 Å². The second-order valence-corrected chi connectivity index (χ2v) is 5.89. The molecule has 21 heavy (non-hydrogen) atoms. The molecule has 5 heteroatoms. The third-order valence-electron chi connectivity index (χ3n) is 4.13. The lowest BCUT2D eigenvalue weighted by Gasteiger charge is -2.18. The molecule has 0 saturated heterocycles. The topological polar surface area (TPSA) is 54.2 Å². The molecule has 0 aromatic carbocycles.